The summed E-state index contributed by atoms with van der Waals surface area (Å²) in [7, 11) is 0. The van der Waals surface area contributed by atoms with Gasteiger partial charge in [-0.25, -0.2) is 0 Å². The van der Waals surface area contributed by atoms with Crippen LogP contribution in [0.1, 0.15) is 36.0 Å². The van der Waals surface area contributed by atoms with Crippen LogP contribution in [0.3, 0.4) is 0 Å². The molecule has 29 heavy (non-hydrogen) atoms. The van der Waals surface area contributed by atoms with Gasteiger partial charge in [-0.15, -0.1) is 0 Å². The molecule has 0 spiro atoms. The molecule has 0 unspecified atom stereocenters. The van der Waals surface area contributed by atoms with E-state index in [-0.39, 0.29) is 43.1 Å². The van der Waals surface area contributed by atoms with E-state index in [1.165, 1.54) is 6.20 Å². The quantitative estimate of drug-likeness (QED) is 0.468. The minimum absolute atomic E-state index is 0. The number of H-pyrrole nitrogens is 1. The molecule has 2 rings (SSSR count). The normalized spacial score (nSPS) is 16.2. The van der Waals surface area contributed by atoms with Crippen molar-refractivity contribution in [3.05, 3.63) is 41.8 Å². The second-order valence-corrected chi connectivity index (χ2v) is 7.07. The molecule has 9 nitrogen and oxygen atoms in total. The Morgan fingerprint density at radius 3 is 2.55 bits per heavy atom. The number of amides is 1. The highest BCUT2D eigenvalue weighted by Crippen LogP contribution is 2.07. The highest BCUT2D eigenvalue weighted by atomic mass is 32.1. The number of carbonyl (C=O) groups excluding carboxylic acids is 2. The molecule has 0 radical (unpaired) electrons. The Morgan fingerprint density at radius 1 is 1.38 bits per heavy atom. The molecule has 1 aromatic heterocycles. The van der Waals surface area contributed by atoms with E-state index < -0.39 is 0 Å². The van der Waals surface area contributed by atoms with E-state index in [9.17, 15) is 9.59 Å². The molecule has 1 aliphatic rings. The first-order chi connectivity index (χ1) is 12.4. The molecular formula is C19H40N4O5S. The number of pyridine rings is 1. The van der Waals surface area contributed by atoms with Crippen molar-refractivity contribution in [2.24, 2.45) is 5.92 Å². The smallest absolute Gasteiger partial charge is 0.243 e. The summed E-state index contributed by atoms with van der Waals surface area (Å²) in [6.07, 6.45) is 5.67. The molecule has 1 aliphatic heterocycles. The van der Waals surface area contributed by atoms with E-state index in [2.05, 4.69) is 41.4 Å². The molecule has 1 saturated heterocycles. The molecule has 172 valence electrons. The SMILES string of the molecule is C=CN[C@@H](CC(C)C)C(=O)N[C@H]1CCCNCC1=O.O.O.O.S=c1cccc[nH]1.[HH].[HH]. The Balaban J connectivity index is -0.000000162. The average molecular weight is 437 g/mol. The predicted molar refractivity (Wildman–Crippen MR) is 122 cm³/mol. The predicted octanol–water partition coefficient (Wildman–Crippen LogP) is 0.334. The number of hydrogen-bond donors (Lipinski definition) is 4. The molecule has 0 aromatic carbocycles. The first-order valence-electron chi connectivity index (χ1n) is 8.98. The zero-order chi connectivity index (χ0) is 19.4. The molecule has 1 amide bonds. The third kappa shape index (κ3) is 13.7. The fraction of sp³-hybridized carbons (Fsp3) is 0.526. The maximum Gasteiger partial charge on any atom is 0.243 e. The summed E-state index contributed by atoms with van der Waals surface area (Å²) in [5, 5.41) is 8.87. The van der Waals surface area contributed by atoms with Crippen LogP contribution in [0.2, 0.25) is 0 Å². The summed E-state index contributed by atoms with van der Waals surface area (Å²) >= 11 is 4.76. The summed E-state index contributed by atoms with van der Waals surface area (Å²) in [6.45, 7) is 8.90. The molecule has 0 aliphatic carbocycles. The van der Waals surface area contributed by atoms with Gasteiger partial charge >= 0.3 is 0 Å². The van der Waals surface area contributed by atoms with Gasteiger partial charge in [-0.2, -0.15) is 0 Å². The molecule has 0 saturated carbocycles. The fourth-order valence-electron chi connectivity index (χ4n) is 2.59. The van der Waals surface area contributed by atoms with E-state index >= 15 is 0 Å². The van der Waals surface area contributed by atoms with Gasteiger partial charge in [0.25, 0.3) is 0 Å². The van der Waals surface area contributed by atoms with Gasteiger partial charge in [0.1, 0.15) is 10.7 Å². The van der Waals surface area contributed by atoms with Crippen molar-refractivity contribution in [2.45, 2.75) is 45.2 Å². The standard InChI is InChI=1S/C14H25N3O2.C5H5NS.3H2O.2H2/c1-4-16-12(8-10(2)3)14(19)17-11-6-5-7-15-9-13(11)18;7-5-3-1-2-4-6-5;;;;;/h4,10-12,15-16H,1,5-9H2,2-3H3,(H,17,19);1-4H,(H,6,7);3*1H2;2*1H/t11-,12-;;;;;;/m0....../s1. The van der Waals surface area contributed by atoms with Crippen molar-refractivity contribution in [1.29, 1.82) is 0 Å². The van der Waals surface area contributed by atoms with Gasteiger partial charge in [0.15, 0.2) is 5.78 Å². The van der Waals surface area contributed by atoms with Gasteiger partial charge in [-0.1, -0.05) is 38.7 Å². The Bertz CT molecular complexity index is 632. The second-order valence-electron chi connectivity index (χ2n) is 6.63. The molecule has 2 heterocycles. The van der Waals surface area contributed by atoms with E-state index in [4.69, 9.17) is 12.2 Å². The van der Waals surface area contributed by atoms with Crippen molar-refractivity contribution in [3.63, 3.8) is 0 Å². The van der Waals surface area contributed by atoms with Gasteiger partial charge < -0.3 is 37.4 Å². The molecule has 10 heteroatoms. The number of Topliss-reactive ketones (excluding diaryl/α,β-unsaturated/α-hetero) is 1. The summed E-state index contributed by atoms with van der Waals surface area (Å²) in [5.74, 6) is 0.344. The van der Waals surface area contributed by atoms with Crippen LogP contribution in [0.15, 0.2) is 37.2 Å². The zero-order valence-electron chi connectivity index (χ0n) is 17.1. The maximum absolute atomic E-state index is 12.2. The van der Waals surface area contributed by atoms with E-state index in [1.54, 1.807) is 0 Å². The lowest BCUT2D eigenvalue weighted by atomic mass is 10.0. The van der Waals surface area contributed by atoms with Crippen LogP contribution in [-0.4, -0.2) is 58.3 Å². The highest BCUT2D eigenvalue weighted by molar-refractivity contribution is 7.71. The minimum atomic E-state index is -0.358. The van der Waals surface area contributed by atoms with Crippen molar-refractivity contribution in [3.8, 4) is 0 Å². The summed E-state index contributed by atoms with van der Waals surface area (Å²) in [6, 6.07) is 4.97. The van der Waals surface area contributed by atoms with Crippen molar-refractivity contribution >= 4 is 23.9 Å². The van der Waals surface area contributed by atoms with Crippen molar-refractivity contribution < 1.29 is 28.9 Å². The lowest BCUT2D eigenvalue weighted by Crippen LogP contribution is -2.50. The first kappa shape index (κ1) is 31.6. The largest absolute Gasteiger partial charge is 0.412 e. The van der Waals surface area contributed by atoms with Gasteiger partial charge in [0.2, 0.25) is 5.91 Å². The van der Waals surface area contributed by atoms with Crippen molar-refractivity contribution in [1.82, 2.24) is 20.9 Å². The van der Waals surface area contributed by atoms with Crippen LogP contribution in [0.25, 0.3) is 0 Å². The molecule has 1 fully saturated rings. The number of rotatable bonds is 6. The molecule has 10 N–H and O–H groups in total. The number of hydrogen-bond acceptors (Lipinski definition) is 5. The topological polar surface area (TPSA) is 181 Å². The molecule has 1 aromatic rings. The van der Waals surface area contributed by atoms with Crippen LogP contribution in [0.4, 0.5) is 0 Å². The number of ketones is 1. The Kier molecular flexibility index (Phi) is 19.6. The fourth-order valence-corrected chi connectivity index (χ4v) is 2.74. The van der Waals surface area contributed by atoms with Gasteiger partial charge in [-0.05, 0) is 50.1 Å². The van der Waals surface area contributed by atoms with E-state index in [0.29, 0.717) is 18.9 Å². The molecule has 0 bridgehead atoms. The highest BCUT2D eigenvalue weighted by Gasteiger charge is 2.26. The molecular weight excluding hydrogens is 396 g/mol. The van der Waals surface area contributed by atoms with E-state index in [0.717, 1.165) is 24.0 Å². The van der Waals surface area contributed by atoms with Crippen LogP contribution in [-0.2, 0) is 9.59 Å². The Labute approximate surface area is 180 Å². The Hall–Kier alpha value is -2.11. The second kappa shape index (κ2) is 18.0. The third-order valence-electron chi connectivity index (χ3n) is 3.87. The van der Waals surface area contributed by atoms with Gasteiger partial charge in [0, 0.05) is 9.05 Å². The van der Waals surface area contributed by atoms with Crippen LogP contribution >= 0.6 is 12.2 Å². The number of aromatic amines is 1. The van der Waals surface area contributed by atoms with Gasteiger partial charge in [-0.3, -0.25) is 9.59 Å². The Morgan fingerprint density at radius 2 is 2.07 bits per heavy atom. The van der Waals surface area contributed by atoms with Crippen molar-refractivity contribution in [2.75, 3.05) is 13.1 Å². The van der Waals surface area contributed by atoms with Crippen LogP contribution in [0, 0.1) is 10.6 Å². The monoisotopic (exact) mass is 436 g/mol. The lowest BCUT2D eigenvalue weighted by molar-refractivity contribution is -0.128. The third-order valence-corrected chi connectivity index (χ3v) is 4.13. The van der Waals surface area contributed by atoms with E-state index in [1.807, 2.05) is 24.4 Å². The van der Waals surface area contributed by atoms with Crippen LogP contribution < -0.4 is 16.0 Å². The number of nitrogens with one attached hydrogen (secondary N) is 4. The summed E-state index contributed by atoms with van der Waals surface area (Å²) in [5.41, 5.74) is 0. The average Bonchev–Trinajstić information content (AvgIpc) is 2.80. The lowest BCUT2D eigenvalue weighted by Gasteiger charge is -2.22. The van der Waals surface area contributed by atoms with Crippen LogP contribution in [0.5, 0.6) is 0 Å². The molecule has 2 atom stereocenters. The van der Waals surface area contributed by atoms with Gasteiger partial charge in [0.05, 0.1) is 12.6 Å². The number of carbonyl (C=O) groups is 2. The number of aromatic nitrogens is 1. The maximum atomic E-state index is 12.2. The first-order valence-corrected chi connectivity index (χ1v) is 9.39. The minimum Gasteiger partial charge on any atom is -0.412 e. The zero-order valence-corrected chi connectivity index (χ0v) is 17.9. The summed E-state index contributed by atoms with van der Waals surface area (Å²) < 4.78 is 0.780. The summed E-state index contributed by atoms with van der Waals surface area (Å²) in [4.78, 5) is 26.9.